The maximum Gasteiger partial charge on any atom is 0.290 e. The second-order valence-corrected chi connectivity index (χ2v) is 7.70. The molecule has 1 aromatic carbocycles. The van der Waals surface area contributed by atoms with Gasteiger partial charge < -0.3 is 24.1 Å². The molecule has 0 unspecified atom stereocenters. The average molecular weight is 443 g/mol. The zero-order valence-electron chi connectivity index (χ0n) is 17.8. The molecule has 33 heavy (non-hydrogen) atoms. The van der Waals surface area contributed by atoms with Crippen LogP contribution in [0.25, 0.3) is 10.9 Å². The minimum absolute atomic E-state index is 0.0331. The second kappa shape index (κ2) is 8.31. The minimum Gasteiger partial charge on any atom is -0.503 e. The molecule has 0 saturated heterocycles. The van der Waals surface area contributed by atoms with Crippen molar-refractivity contribution in [2.75, 3.05) is 13.7 Å². The van der Waals surface area contributed by atoms with Crippen LogP contribution in [0.4, 0.5) is 0 Å². The van der Waals surface area contributed by atoms with Crippen molar-refractivity contribution in [2.45, 2.75) is 12.5 Å². The van der Waals surface area contributed by atoms with Crippen molar-refractivity contribution in [1.82, 2.24) is 14.9 Å². The van der Waals surface area contributed by atoms with E-state index in [1.54, 1.807) is 37.6 Å². The summed E-state index contributed by atoms with van der Waals surface area (Å²) in [5, 5.41) is 11.7. The molecule has 5 rings (SSSR count). The number of methoxy groups -OCH3 is 1. The summed E-state index contributed by atoms with van der Waals surface area (Å²) in [5.74, 6) is -0.945. The molecule has 8 nitrogen and oxygen atoms in total. The lowest BCUT2D eigenvalue weighted by Crippen LogP contribution is -2.33. The van der Waals surface area contributed by atoms with Crippen LogP contribution in [0.2, 0.25) is 0 Å². The number of amides is 1. The summed E-state index contributed by atoms with van der Waals surface area (Å²) in [6, 6.07) is 13.3. The summed E-state index contributed by atoms with van der Waals surface area (Å²) in [6.45, 7) is 0.267. The highest BCUT2D eigenvalue weighted by molar-refractivity contribution is 6.14. The van der Waals surface area contributed by atoms with Crippen LogP contribution < -0.4 is 4.74 Å². The highest BCUT2D eigenvalue weighted by Crippen LogP contribution is 2.38. The Bertz CT molecular complexity index is 1360. The van der Waals surface area contributed by atoms with Crippen molar-refractivity contribution in [1.29, 1.82) is 0 Å². The molecule has 1 amide bonds. The molecule has 0 fully saturated rings. The first-order chi connectivity index (χ1) is 16.1. The number of nitrogens with one attached hydrogen (secondary N) is 1. The maximum absolute atomic E-state index is 13.1. The molecule has 1 aliphatic heterocycles. The number of aromatic amines is 1. The van der Waals surface area contributed by atoms with Gasteiger partial charge >= 0.3 is 0 Å². The first-order valence-electron chi connectivity index (χ1n) is 10.5. The molecule has 1 aliphatic rings. The number of nitrogens with zero attached hydrogens (tertiary/aromatic N) is 2. The lowest BCUT2D eigenvalue weighted by atomic mass is 9.98. The van der Waals surface area contributed by atoms with Crippen LogP contribution in [0.3, 0.4) is 0 Å². The number of ketones is 1. The fourth-order valence-corrected chi connectivity index (χ4v) is 4.23. The van der Waals surface area contributed by atoms with Gasteiger partial charge in [0.05, 0.1) is 24.6 Å². The molecule has 4 aromatic rings. The van der Waals surface area contributed by atoms with Gasteiger partial charge in [0.15, 0.2) is 11.5 Å². The molecule has 0 spiro atoms. The van der Waals surface area contributed by atoms with E-state index >= 15 is 0 Å². The number of Topliss-reactive ketones (excluding diaryl/α,β-unsaturated/α-hetero) is 1. The van der Waals surface area contributed by atoms with Gasteiger partial charge in [0.25, 0.3) is 5.91 Å². The van der Waals surface area contributed by atoms with E-state index in [-0.39, 0.29) is 17.9 Å². The molecule has 166 valence electrons. The molecule has 0 bridgehead atoms. The summed E-state index contributed by atoms with van der Waals surface area (Å²) >= 11 is 0. The Morgan fingerprint density at radius 1 is 1.24 bits per heavy atom. The zero-order valence-corrected chi connectivity index (χ0v) is 17.8. The normalized spacial score (nSPS) is 16.1. The lowest BCUT2D eigenvalue weighted by Gasteiger charge is -2.25. The maximum atomic E-state index is 13.1. The molecule has 1 atom stereocenters. The summed E-state index contributed by atoms with van der Waals surface area (Å²) in [7, 11) is 1.61. The number of aromatic nitrogens is 2. The Kier molecular flexibility index (Phi) is 5.18. The van der Waals surface area contributed by atoms with Gasteiger partial charge in [0.2, 0.25) is 5.78 Å². The Balaban J connectivity index is 1.49. The topological polar surface area (TPSA) is 109 Å². The number of fused-ring (bicyclic) bond motifs is 1. The van der Waals surface area contributed by atoms with E-state index in [0.29, 0.717) is 12.1 Å². The molecule has 4 heterocycles. The van der Waals surface area contributed by atoms with Gasteiger partial charge in [0.1, 0.15) is 11.8 Å². The molecule has 8 heteroatoms. The van der Waals surface area contributed by atoms with Crippen LogP contribution in [0.1, 0.15) is 27.9 Å². The molecule has 0 saturated carbocycles. The first kappa shape index (κ1) is 20.6. The smallest absolute Gasteiger partial charge is 0.290 e. The SMILES string of the molecule is COc1ccc2[nH]cc(CCN3C(=O)C(O)=C(C(=O)c4ccco4)[C@H]3c3ccccn3)c2c1. The highest BCUT2D eigenvalue weighted by Gasteiger charge is 2.44. The van der Waals surface area contributed by atoms with Gasteiger partial charge in [-0.2, -0.15) is 0 Å². The van der Waals surface area contributed by atoms with Crippen molar-refractivity contribution in [2.24, 2.45) is 0 Å². The number of H-pyrrole nitrogens is 1. The molecule has 0 aliphatic carbocycles. The quantitative estimate of drug-likeness (QED) is 0.418. The summed E-state index contributed by atoms with van der Waals surface area (Å²) in [6.07, 6.45) is 5.36. The van der Waals surface area contributed by atoms with Crippen molar-refractivity contribution >= 4 is 22.6 Å². The number of ether oxygens (including phenoxy) is 1. The summed E-state index contributed by atoms with van der Waals surface area (Å²) in [5.41, 5.74) is 2.40. The van der Waals surface area contributed by atoms with Crippen LogP contribution >= 0.6 is 0 Å². The van der Waals surface area contributed by atoms with Crippen LogP contribution in [0, 0.1) is 0 Å². The number of aliphatic hydroxyl groups is 1. The standard InChI is InChI=1S/C25H21N3O5/c1-32-16-7-8-18-17(13-16)15(14-27-18)9-11-28-22(19-5-2-3-10-26-19)21(24(30)25(28)31)23(29)20-6-4-12-33-20/h2-8,10,12-14,22,27,30H,9,11H2,1H3/t22-/m1/s1. The van der Waals surface area contributed by atoms with Gasteiger partial charge in [-0.25, -0.2) is 0 Å². The third kappa shape index (κ3) is 3.55. The Hall–Kier alpha value is -4.33. The van der Waals surface area contributed by atoms with Crippen molar-refractivity contribution in [3.05, 3.63) is 95.5 Å². The number of pyridine rings is 1. The first-order valence-corrected chi connectivity index (χ1v) is 10.5. The largest absolute Gasteiger partial charge is 0.503 e. The lowest BCUT2D eigenvalue weighted by molar-refractivity contribution is -0.129. The summed E-state index contributed by atoms with van der Waals surface area (Å²) in [4.78, 5) is 35.3. The molecule has 0 radical (unpaired) electrons. The van der Waals surface area contributed by atoms with E-state index in [9.17, 15) is 14.7 Å². The summed E-state index contributed by atoms with van der Waals surface area (Å²) < 4.78 is 10.6. The van der Waals surface area contributed by atoms with Crippen molar-refractivity contribution in [3.8, 4) is 5.75 Å². The van der Waals surface area contributed by atoms with E-state index in [1.165, 1.54) is 17.2 Å². The zero-order chi connectivity index (χ0) is 22.9. The Labute approximate surface area is 189 Å². The third-order valence-corrected chi connectivity index (χ3v) is 5.86. The minimum atomic E-state index is -0.823. The van der Waals surface area contributed by atoms with Gasteiger partial charge in [0, 0.05) is 29.8 Å². The van der Waals surface area contributed by atoms with E-state index in [0.717, 1.165) is 22.2 Å². The number of rotatable bonds is 7. The van der Waals surface area contributed by atoms with Gasteiger partial charge in [-0.05, 0) is 54.4 Å². The molecule has 3 aromatic heterocycles. The number of aliphatic hydroxyl groups excluding tert-OH is 1. The van der Waals surface area contributed by atoms with Crippen LogP contribution in [0.5, 0.6) is 5.75 Å². The van der Waals surface area contributed by atoms with Crippen molar-refractivity contribution < 1.29 is 23.8 Å². The number of hydrogen-bond donors (Lipinski definition) is 2. The fraction of sp³-hybridized carbons (Fsp3) is 0.160. The van der Waals surface area contributed by atoms with Gasteiger partial charge in [-0.15, -0.1) is 0 Å². The predicted octanol–water partition coefficient (Wildman–Crippen LogP) is 3.99. The second-order valence-electron chi connectivity index (χ2n) is 7.70. The van der Waals surface area contributed by atoms with Gasteiger partial charge in [-0.3, -0.25) is 14.6 Å². The van der Waals surface area contributed by atoms with E-state index < -0.39 is 23.5 Å². The van der Waals surface area contributed by atoms with E-state index in [1.807, 2.05) is 24.4 Å². The van der Waals surface area contributed by atoms with Crippen LogP contribution in [-0.2, 0) is 11.2 Å². The predicted molar refractivity (Wildman–Crippen MR) is 120 cm³/mol. The molecule has 2 N–H and O–H groups in total. The number of furan rings is 1. The molecular formula is C25H21N3O5. The number of benzene rings is 1. The Morgan fingerprint density at radius 2 is 2.12 bits per heavy atom. The highest BCUT2D eigenvalue weighted by atomic mass is 16.5. The van der Waals surface area contributed by atoms with Gasteiger partial charge in [-0.1, -0.05) is 6.07 Å². The molecular weight excluding hydrogens is 422 g/mol. The number of carbonyl (C=O) groups excluding carboxylic acids is 2. The third-order valence-electron chi connectivity index (χ3n) is 5.86. The average Bonchev–Trinajstić information content (AvgIpc) is 3.57. The fourth-order valence-electron chi connectivity index (χ4n) is 4.23. The van der Waals surface area contributed by atoms with Crippen molar-refractivity contribution in [3.63, 3.8) is 0 Å². The monoisotopic (exact) mass is 443 g/mol. The van der Waals surface area contributed by atoms with E-state index in [2.05, 4.69) is 9.97 Å². The Morgan fingerprint density at radius 3 is 2.85 bits per heavy atom. The number of hydrogen-bond acceptors (Lipinski definition) is 6. The van der Waals surface area contributed by atoms with E-state index in [4.69, 9.17) is 9.15 Å². The van der Waals surface area contributed by atoms with Crippen LogP contribution in [-0.4, -0.2) is 45.3 Å². The number of carbonyl (C=O) groups is 2. The van der Waals surface area contributed by atoms with Crippen LogP contribution in [0.15, 0.2) is 82.9 Å².